The van der Waals surface area contributed by atoms with Crippen molar-refractivity contribution in [2.45, 2.75) is 56.9 Å². The van der Waals surface area contributed by atoms with E-state index in [9.17, 15) is 20.1 Å². The van der Waals surface area contributed by atoms with Gasteiger partial charge in [-0.25, -0.2) is 0 Å². The Kier molecular flexibility index (Phi) is 4.89. The third kappa shape index (κ3) is 3.09. The van der Waals surface area contributed by atoms with Crippen molar-refractivity contribution >= 4 is 5.91 Å². The summed E-state index contributed by atoms with van der Waals surface area (Å²) >= 11 is 0. The van der Waals surface area contributed by atoms with Gasteiger partial charge < -0.3 is 20.2 Å². The fourth-order valence-electron chi connectivity index (χ4n) is 5.08. The van der Waals surface area contributed by atoms with Crippen molar-refractivity contribution in [3.63, 3.8) is 0 Å². The number of hydrogen-bond acceptors (Lipinski definition) is 4. The summed E-state index contributed by atoms with van der Waals surface area (Å²) in [6, 6.07) is 15.9. The second-order valence-electron chi connectivity index (χ2n) is 8.35. The minimum absolute atomic E-state index is 0.105. The molecule has 1 aliphatic carbocycles. The van der Waals surface area contributed by atoms with Crippen molar-refractivity contribution in [3.8, 4) is 5.75 Å². The van der Waals surface area contributed by atoms with Crippen LogP contribution < -0.4 is 0 Å². The molecule has 0 aromatic heterocycles. The zero-order chi connectivity index (χ0) is 19.9. The van der Waals surface area contributed by atoms with E-state index >= 15 is 0 Å². The summed E-state index contributed by atoms with van der Waals surface area (Å²) in [4.78, 5) is 15.4. The molecule has 0 spiro atoms. The number of likely N-dealkylation sites (tertiary alicyclic amines) is 1. The van der Waals surface area contributed by atoms with Gasteiger partial charge in [0.2, 0.25) is 0 Å². The highest BCUT2D eigenvalue weighted by Gasteiger charge is 2.57. The first kappa shape index (κ1) is 19.0. The molecule has 0 unspecified atom stereocenters. The Labute approximate surface area is 165 Å². The number of phenolic OH excluding ortho intramolecular Hbond substituents is 1. The van der Waals surface area contributed by atoms with Gasteiger partial charge in [0.05, 0.1) is 18.2 Å². The molecule has 4 rings (SSSR count). The zero-order valence-corrected chi connectivity index (χ0v) is 16.0. The zero-order valence-electron chi connectivity index (χ0n) is 16.0. The highest BCUT2D eigenvalue weighted by atomic mass is 16.3. The second kappa shape index (κ2) is 7.22. The largest absolute Gasteiger partial charge is 0.508 e. The smallest absolute Gasteiger partial charge is 0.254 e. The van der Waals surface area contributed by atoms with E-state index in [0.29, 0.717) is 18.4 Å². The number of phenols is 1. The molecular formula is C23H27NO4. The van der Waals surface area contributed by atoms with Crippen molar-refractivity contribution in [2.75, 3.05) is 0 Å². The third-order valence-corrected chi connectivity index (χ3v) is 6.62. The highest BCUT2D eigenvalue weighted by molar-refractivity contribution is 5.95. The maximum absolute atomic E-state index is 13.5. The molecule has 5 atom stereocenters. The van der Waals surface area contributed by atoms with Crippen molar-refractivity contribution in [3.05, 3.63) is 65.7 Å². The van der Waals surface area contributed by atoms with Gasteiger partial charge in [-0.05, 0) is 55.5 Å². The number of benzene rings is 2. The summed E-state index contributed by atoms with van der Waals surface area (Å²) in [5, 5.41) is 30.9. The lowest BCUT2D eigenvalue weighted by Crippen LogP contribution is -2.49. The molecule has 2 aliphatic rings. The molecule has 2 aromatic rings. The average molecular weight is 381 g/mol. The van der Waals surface area contributed by atoms with E-state index in [1.807, 2.05) is 42.2 Å². The van der Waals surface area contributed by atoms with E-state index < -0.39 is 17.6 Å². The van der Waals surface area contributed by atoms with Crippen LogP contribution in [0, 0.1) is 5.41 Å². The summed E-state index contributed by atoms with van der Waals surface area (Å²) in [5.74, 6) is 0.0154. The van der Waals surface area contributed by atoms with Gasteiger partial charge in [-0.3, -0.25) is 4.79 Å². The molecule has 1 aliphatic heterocycles. The Balaban J connectivity index is 1.79. The molecule has 3 N–H and O–H groups in total. The normalized spacial score (nSPS) is 32.6. The summed E-state index contributed by atoms with van der Waals surface area (Å²) < 4.78 is 0. The molecule has 0 bridgehead atoms. The van der Waals surface area contributed by atoms with Crippen LogP contribution in [0.15, 0.2) is 54.6 Å². The van der Waals surface area contributed by atoms with Gasteiger partial charge in [0.15, 0.2) is 0 Å². The van der Waals surface area contributed by atoms with E-state index in [-0.39, 0.29) is 23.7 Å². The minimum atomic E-state index is -0.871. The lowest BCUT2D eigenvalue weighted by molar-refractivity contribution is -0.0612. The number of aliphatic hydroxyl groups is 2. The van der Waals surface area contributed by atoms with Gasteiger partial charge in [0, 0.05) is 17.0 Å². The summed E-state index contributed by atoms with van der Waals surface area (Å²) in [6.07, 6.45) is 1.02. The number of rotatable bonds is 2. The fraction of sp³-hybridized carbons (Fsp3) is 0.435. The summed E-state index contributed by atoms with van der Waals surface area (Å²) in [7, 11) is 0. The monoisotopic (exact) mass is 381 g/mol. The Morgan fingerprint density at radius 3 is 2.39 bits per heavy atom. The lowest BCUT2D eigenvalue weighted by Gasteiger charge is -2.38. The van der Waals surface area contributed by atoms with Crippen LogP contribution in [0.1, 0.15) is 54.6 Å². The summed E-state index contributed by atoms with van der Waals surface area (Å²) in [5.41, 5.74) is 0.969. The Morgan fingerprint density at radius 1 is 1.04 bits per heavy atom. The predicted molar refractivity (Wildman–Crippen MR) is 106 cm³/mol. The van der Waals surface area contributed by atoms with Crippen LogP contribution >= 0.6 is 0 Å². The van der Waals surface area contributed by atoms with E-state index in [1.165, 1.54) is 12.1 Å². The standard InChI is InChI=1S/C23H27NO4/c1-23-14-18(15-6-3-2-4-7-15)24(20(23)9-5-8-19(26)21(23)27)22(28)16-10-12-17(25)13-11-16/h2-4,6-7,10-13,18-21,25-27H,5,8-9,14H2,1H3/t18-,19-,20-,21+,23-/m1/s1. The maximum atomic E-state index is 13.5. The molecular weight excluding hydrogens is 354 g/mol. The number of aromatic hydroxyl groups is 1. The third-order valence-electron chi connectivity index (χ3n) is 6.62. The molecule has 2 fully saturated rings. The van der Waals surface area contributed by atoms with Crippen LogP contribution in [-0.2, 0) is 0 Å². The van der Waals surface area contributed by atoms with Crippen molar-refractivity contribution < 1.29 is 20.1 Å². The molecule has 1 amide bonds. The molecule has 5 heteroatoms. The van der Waals surface area contributed by atoms with Crippen LogP contribution in [0.5, 0.6) is 5.75 Å². The number of hydrogen-bond donors (Lipinski definition) is 3. The van der Waals surface area contributed by atoms with Gasteiger partial charge in [0.1, 0.15) is 5.75 Å². The van der Waals surface area contributed by atoms with Crippen molar-refractivity contribution in [1.82, 2.24) is 4.90 Å². The van der Waals surface area contributed by atoms with Crippen LogP contribution in [0.2, 0.25) is 0 Å². The van der Waals surface area contributed by atoms with E-state index in [4.69, 9.17) is 0 Å². The van der Waals surface area contributed by atoms with Crippen LogP contribution in [0.3, 0.4) is 0 Å². The molecule has 0 radical (unpaired) electrons. The number of amides is 1. The van der Waals surface area contributed by atoms with Gasteiger partial charge in [-0.2, -0.15) is 0 Å². The van der Waals surface area contributed by atoms with Crippen molar-refractivity contribution in [2.24, 2.45) is 5.41 Å². The quantitative estimate of drug-likeness (QED) is 0.746. The lowest BCUT2D eigenvalue weighted by atomic mass is 9.74. The summed E-state index contributed by atoms with van der Waals surface area (Å²) in [6.45, 7) is 2.00. The van der Waals surface area contributed by atoms with Gasteiger partial charge in [-0.1, -0.05) is 37.3 Å². The highest BCUT2D eigenvalue weighted by Crippen LogP contribution is 2.53. The van der Waals surface area contributed by atoms with E-state index in [2.05, 4.69) is 0 Å². The Morgan fingerprint density at radius 2 is 1.71 bits per heavy atom. The number of nitrogens with zero attached hydrogens (tertiary/aromatic N) is 1. The number of aliphatic hydroxyl groups excluding tert-OH is 2. The molecule has 28 heavy (non-hydrogen) atoms. The number of fused-ring (bicyclic) bond motifs is 1. The van der Waals surface area contributed by atoms with Crippen molar-refractivity contribution in [1.29, 1.82) is 0 Å². The Bertz CT molecular complexity index is 837. The molecule has 5 nitrogen and oxygen atoms in total. The maximum Gasteiger partial charge on any atom is 0.254 e. The first-order valence-electron chi connectivity index (χ1n) is 9.94. The first-order chi connectivity index (χ1) is 13.4. The van der Waals surface area contributed by atoms with Crippen LogP contribution in [0.25, 0.3) is 0 Å². The average Bonchev–Trinajstić information content (AvgIpc) is 2.96. The van der Waals surface area contributed by atoms with Gasteiger partial charge in [0.25, 0.3) is 5.91 Å². The van der Waals surface area contributed by atoms with E-state index in [1.54, 1.807) is 12.1 Å². The van der Waals surface area contributed by atoms with Crippen LogP contribution in [0.4, 0.5) is 0 Å². The topological polar surface area (TPSA) is 81.0 Å². The number of carbonyl (C=O) groups excluding carboxylic acids is 1. The Hall–Kier alpha value is -2.37. The predicted octanol–water partition coefficient (Wildman–Crippen LogP) is 3.26. The van der Waals surface area contributed by atoms with Gasteiger partial charge in [-0.15, -0.1) is 0 Å². The number of carbonyl (C=O) groups is 1. The molecule has 1 heterocycles. The molecule has 148 valence electrons. The van der Waals surface area contributed by atoms with Crippen LogP contribution in [-0.4, -0.2) is 44.4 Å². The first-order valence-corrected chi connectivity index (χ1v) is 9.94. The molecule has 1 saturated heterocycles. The fourth-order valence-corrected chi connectivity index (χ4v) is 5.08. The SMILES string of the molecule is C[C@@]12C[C@H](c3ccccc3)N(C(=O)c3ccc(O)cc3)[C@@H]1CCC[C@@H](O)[C@@H]2O. The molecule has 1 saturated carbocycles. The van der Waals surface area contributed by atoms with Gasteiger partial charge >= 0.3 is 0 Å². The van der Waals surface area contributed by atoms with E-state index in [0.717, 1.165) is 18.4 Å². The second-order valence-corrected chi connectivity index (χ2v) is 8.35. The minimum Gasteiger partial charge on any atom is -0.508 e. The molecule has 2 aromatic carbocycles.